The van der Waals surface area contributed by atoms with E-state index in [1.54, 1.807) is 0 Å². The maximum Gasteiger partial charge on any atom is 0.417 e. The zero-order valence-electron chi connectivity index (χ0n) is 15.6. The number of imide groups is 1. The average molecular weight is 321 g/mol. The Balaban J connectivity index is 0.00000112. The van der Waals surface area contributed by atoms with Gasteiger partial charge in [0.05, 0.1) is 0 Å². The summed E-state index contributed by atoms with van der Waals surface area (Å²) in [5, 5.41) is 0. The van der Waals surface area contributed by atoms with E-state index in [0.717, 1.165) is 5.56 Å². The Labute approximate surface area is 140 Å². The van der Waals surface area contributed by atoms with Crippen molar-refractivity contribution in [3.05, 3.63) is 35.9 Å². The maximum atomic E-state index is 12.3. The lowest BCUT2D eigenvalue weighted by molar-refractivity contribution is -0.131. The number of nitrogens with zero attached hydrogens (tertiary/aromatic N) is 1. The summed E-state index contributed by atoms with van der Waals surface area (Å²) in [4.78, 5) is 25.3. The summed E-state index contributed by atoms with van der Waals surface area (Å²) in [6.45, 7) is 14.2. The number of benzene rings is 1. The number of carbonyl (C=O) groups is 2. The van der Waals surface area contributed by atoms with Gasteiger partial charge in [0, 0.05) is 6.42 Å². The maximum absolute atomic E-state index is 12.3. The van der Waals surface area contributed by atoms with Gasteiger partial charge in [0.1, 0.15) is 12.6 Å². The van der Waals surface area contributed by atoms with Crippen LogP contribution in [0.25, 0.3) is 0 Å². The Kier molecular flexibility index (Phi) is 9.23. The molecular weight excluding hydrogens is 290 g/mol. The predicted octanol–water partition coefficient (Wildman–Crippen LogP) is 5.20. The normalized spacial score (nSPS) is 16.6. The minimum atomic E-state index is -0.539. The van der Waals surface area contributed by atoms with E-state index in [4.69, 9.17) is 4.74 Å². The minimum Gasteiger partial charge on any atom is -0.446 e. The van der Waals surface area contributed by atoms with E-state index in [1.165, 1.54) is 4.90 Å². The van der Waals surface area contributed by atoms with Gasteiger partial charge in [-0.2, -0.15) is 0 Å². The van der Waals surface area contributed by atoms with Crippen molar-refractivity contribution in [3.8, 4) is 0 Å². The van der Waals surface area contributed by atoms with Crippen molar-refractivity contribution in [1.29, 1.82) is 0 Å². The summed E-state index contributed by atoms with van der Waals surface area (Å²) in [6, 6.07) is 9.20. The van der Waals surface area contributed by atoms with Crippen LogP contribution >= 0.6 is 0 Å². The van der Waals surface area contributed by atoms with Gasteiger partial charge < -0.3 is 4.74 Å². The summed E-state index contributed by atoms with van der Waals surface area (Å²) >= 11 is 0. The summed E-state index contributed by atoms with van der Waals surface area (Å²) < 4.78 is 5.03. The highest BCUT2D eigenvalue weighted by Crippen LogP contribution is 2.30. The molecule has 0 saturated carbocycles. The Morgan fingerprint density at radius 3 is 2.13 bits per heavy atom. The highest BCUT2D eigenvalue weighted by Gasteiger charge is 2.39. The molecule has 0 aromatic heterocycles. The van der Waals surface area contributed by atoms with Crippen molar-refractivity contribution in [3.63, 3.8) is 0 Å². The summed E-state index contributed by atoms with van der Waals surface area (Å²) in [5.74, 6) is -0.177. The lowest BCUT2D eigenvalue weighted by atomic mass is 9.91. The number of cyclic esters (lactones) is 1. The Bertz CT molecular complexity index is 477. The van der Waals surface area contributed by atoms with E-state index >= 15 is 0 Å². The first-order valence-corrected chi connectivity index (χ1v) is 8.42. The first kappa shape index (κ1) is 21.2. The van der Waals surface area contributed by atoms with Crippen LogP contribution in [0.15, 0.2) is 30.3 Å². The van der Waals surface area contributed by atoms with Crippen LogP contribution in [0.4, 0.5) is 4.79 Å². The number of carbonyl (C=O) groups excluding carboxylic acids is 2. The molecule has 2 amide bonds. The Morgan fingerprint density at radius 2 is 1.65 bits per heavy atom. The van der Waals surface area contributed by atoms with Crippen LogP contribution in [0.2, 0.25) is 0 Å². The first-order chi connectivity index (χ1) is 10.9. The van der Waals surface area contributed by atoms with E-state index in [1.807, 2.05) is 78.8 Å². The number of hydrogen-bond acceptors (Lipinski definition) is 3. The molecule has 1 aromatic carbocycles. The zero-order valence-corrected chi connectivity index (χ0v) is 15.6. The van der Waals surface area contributed by atoms with Gasteiger partial charge in [0.25, 0.3) is 0 Å². The third kappa shape index (κ3) is 6.43. The molecule has 130 valence electrons. The molecule has 1 aromatic rings. The molecule has 1 aliphatic heterocycles. The van der Waals surface area contributed by atoms with Crippen molar-refractivity contribution in [1.82, 2.24) is 4.90 Å². The van der Waals surface area contributed by atoms with E-state index in [-0.39, 0.29) is 24.0 Å². The monoisotopic (exact) mass is 321 g/mol. The third-order valence-electron chi connectivity index (χ3n) is 3.01. The zero-order chi connectivity index (χ0) is 18.0. The van der Waals surface area contributed by atoms with Crippen molar-refractivity contribution in [2.45, 2.75) is 60.9 Å². The fraction of sp³-hybridized carbons (Fsp3) is 0.579. The quantitative estimate of drug-likeness (QED) is 0.752. The fourth-order valence-electron chi connectivity index (χ4n) is 2.16. The molecule has 0 radical (unpaired) electrons. The smallest absolute Gasteiger partial charge is 0.417 e. The minimum absolute atomic E-state index is 0.152. The molecule has 0 spiro atoms. The summed E-state index contributed by atoms with van der Waals surface area (Å²) in [5.41, 5.74) is 0.775. The van der Waals surface area contributed by atoms with Crippen LogP contribution in [0, 0.1) is 5.41 Å². The van der Waals surface area contributed by atoms with Gasteiger partial charge in [-0.15, -0.1) is 0 Å². The van der Waals surface area contributed by atoms with Gasteiger partial charge in [-0.25, -0.2) is 9.69 Å². The summed E-state index contributed by atoms with van der Waals surface area (Å²) in [7, 11) is 0. The molecule has 23 heavy (non-hydrogen) atoms. The standard InChI is InChI=1S/C15H19NO3.2C2H6/c1-15(2,3)9-13(17)16-12(10-19-14(16)18)11-7-5-4-6-8-11;2*1-2/h4-8,12H,9-10H2,1-3H3;2*1-2H3. The van der Waals surface area contributed by atoms with Crippen LogP contribution in [-0.4, -0.2) is 23.5 Å². The van der Waals surface area contributed by atoms with E-state index in [2.05, 4.69) is 0 Å². The van der Waals surface area contributed by atoms with Crippen LogP contribution < -0.4 is 0 Å². The molecule has 1 unspecified atom stereocenters. The van der Waals surface area contributed by atoms with Crippen molar-refractivity contribution in [2.24, 2.45) is 5.41 Å². The van der Waals surface area contributed by atoms with Crippen LogP contribution in [0.5, 0.6) is 0 Å². The van der Waals surface area contributed by atoms with Gasteiger partial charge in [0.15, 0.2) is 0 Å². The highest BCUT2D eigenvalue weighted by molar-refractivity contribution is 5.94. The molecule has 1 fully saturated rings. The number of ether oxygens (including phenoxy) is 1. The van der Waals surface area contributed by atoms with Gasteiger partial charge >= 0.3 is 6.09 Å². The molecule has 1 aliphatic rings. The second-order valence-electron chi connectivity index (χ2n) is 6.00. The molecule has 0 bridgehead atoms. The topological polar surface area (TPSA) is 46.6 Å². The fourth-order valence-corrected chi connectivity index (χ4v) is 2.16. The molecular formula is C19H31NO3. The second kappa shape index (κ2) is 10.0. The largest absolute Gasteiger partial charge is 0.446 e. The molecule has 1 heterocycles. The van der Waals surface area contributed by atoms with E-state index < -0.39 is 6.09 Å². The van der Waals surface area contributed by atoms with E-state index in [0.29, 0.717) is 6.42 Å². The molecule has 2 rings (SSSR count). The van der Waals surface area contributed by atoms with Gasteiger partial charge in [0.2, 0.25) is 5.91 Å². The lowest BCUT2D eigenvalue weighted by Gasteiger charge is -2.24. The van der Waals surface area contributed by atoms with Crippen molar-refractivity contribution < 1.29 is 14.3 Å². The lowest BCUT2D eigenvalue weighted by Crippen LogP contribution is -2.36. The van der Waals surface area contributed by atoms with Crippen molar-refractivity contribution in [2.75, 3.05) is 6.61 Å². The highest BCUT2D eigenvalue weighted by atomic mass is 16.6. The predicted molar refractivity (Wildman–Crippen MR) is 94.1 cm³/mol. The van der Waals surface area contributed by atoms with Gasteiger partial charge in [-0.1, -0.05) is 78.8 Å². The van der Waals surface area contributed by atoms with Crippen molar-refractivity contribution >= 4 is 12.0 Å². The Morgan fingerprint density at radius 1 is 1.13 bits per heavy atom. The summed E-state index contributed by atoms with van der Waals surface area (Å²) in [6.07, 6.45) is -0.214. The second-order valence-corrected chi connectivity index (χ2v) is 6.00. The van der Waals surface area contributed by atoms with E-state index in [9.17, 15) is 9.59 Å². The molecule has 1 saturated heterocycles. The average Bonchev–Trinajstić information content (AvgIpc) is 2.92. The number of amides is 2. The molecule has 4 heteroatoms. The van der Waals surface area contributed by atoms with Gasteiger partial charge in [-0.05, 0) is 11.0 Å². The number of rotatable bonds is 2. The van der Waals surface area contributed by atoms with Crippen LogP contribution in [-0.2, 0) is 9.53 Å². The molecule has 1 atom stereocenters. The van der Waals surface area contributed by atoms with Crippen LogP contribution in [0.1, 0.15) is 66.5 Å². The Hall–Kier alpha value is -1.84. The third-order valence-corrected chi connectivity index (χ3v) is 3.01. The van der Waals surface area contributed by atoms with Crippen LogP contribution in [0.3, 0.4) is 0 Å². The molecule has 0 N–H and O–H groups in total. The van der Waals surface area contributed by atoms with Gasteiger partial charge in [-0.3, -0.25) is 4.79 Å². The molecule has 4 nitrogen and oxygen atoms in total. The molecule has 0 aliphatic carbocycles. The SMILES string of the molecule is CC.CC.CC(C)(C)CC(=O)N1C(=O)OCC1c1ccccc1. The first-order valence-electron chi connectivity index (χ1n) is 8.42. The number of hydrogen-bond donors (Lipinski definition) is 0.